The Hall–Kier alpha value is -2.10. The largest absolute Gasteiger partial charge is 0.491 e. The summed E-state index contributed by atoms with van der Waals surface area (Å²) in [6.45, 7) is 3.17. The van der Waals surface area contributed by atoms with Crippen molar-refractivity contribution >= 4 is 5.57 Å². The van der Waals surface area contributed by atoms with Gasteiger partial charge in [-0.3, -0.25) is 0 Å². The standard InChI is InChI=1S/C20H21NO2/c1-2-4-15(5-3-1)19-8-6-16-12-17(7-9-20(16)19)23-14-18-13-21-10-11-22-18/h1-5,7-9,12,18,21H,6,10-11,13-14H2. The van der Waals surface area contributed by atoms with Gasteiger partial charge in [0.2, 0.25) is 0 Å². The average molecular weight is 307 g/mol. The molecule has 1 unspecified atom stereocenters. The van der Waals surface area contributed by atoms with Crippen LogP contribution in [0.1, 0.15) is 16.7 Å². The van der Waals surface area contributed by atoms with E-state index in [2.05, 4.69) is 59.9 Å². The normalized spacial score (nSPS) is 20.0. The van der Waals surface area contributed by atoms with Gasteiger partial charge in [0.05, 0.1) is 6.61 Å². The van der Waals surface area contributed by atoms with Gasteiger partial charge in [-0.2, -0.15) is 0 Å². The van der Waals surface area contributed by atoms with Gasteiger partial charge in [0.1, 0.15) is 18.5 Å². The third kappa shape index (κ3) is 3.16. The highest BCUT2D eigenvalue weighted by Gasteiger charge is 2.17. The number of rotatable bonds is 4. The maximum atomic E-state index is 5.92. The molecule has 0 saturated carbocycles. The molecule has 0 bridgehead atoms. The summed E-state index contributed by atoms with van der Waals surface area (Å²) in [4.78, 5) is 0. The van der Waals surface area contributed by atoms with E-state index in [1.807, 2.05) is 0 Å². The molecule has 1 atom stereocenters. The lowest BCUT2D eigenvalue weighted by Crippen LogP contribution is -2.41. The highest BCUT2D eigenvalue weighted by Crippen LogP contribution is 2.34. The Morgan fingerprint density at radius 1 is 1.13 bits per heavy atom. The molecular weight excluding hydrogens is 286 g/mol. The highest BCUT2D eigenvalue weighted by molar-refractivity contribution is 5.84. The fourth-order valence-corrected chi connectivity index (χ4v) is 3.22. The second kappa shape index (κ2) is 6.57. The third-order valence-corrected chi connectivity index (χ3v) is 4.42. The van der Waals surface area contributed by atoms with Crippen LogP contribution in [0.2, 0.25) is 0 Å². The van der Waals surface area contributed by atoms with Crippen molar-refractivity contribution in [1.82, 2.24) is 5.32 Å². The summed E-state index contributed by atoms with van der Waals surface area (Å²) in [6, 6.07) is 17.0. The molecule has 2 aliphatic rings. The van der Waals surface area contributed by atoms with Gasteiger partial charge in [-0.15, -0.1) is 0 Å². The molecule has 1 fully saturated rings. The first-order valence-electron chi connectivity index (χ1n) is 8.24. The maximum absolute atomic E-state index is 5.92. The Bertz CT molecular complexity index is 703. The maximum Gasteiger partial charge on any atom is 0.119 e. The van der Waals surface area contributed by atoms with Gasteiger partial charge >= 0.3 is 0 Å². The molecule has 1 aliphatic heterocycles. The fraction of sp³-hybridized carbons (Fsp3) is 0.300. The van der Waals surface area contributed by atoms with Crippen LogP contribution in [0.4, 0.5) is 0 Å². The zero-order valence-corrected chi connectivity index (χ0v) is 13.1. The molecule has 1 saturated heterocycles. The van der Waals surface area contributed by atoms with Crippen LogP contribution in [0.5, 0.6) is 5.75 Å². The molecule has 23 heavy (non-hydrogen) atoms. The first-order valence-corrected chi connectivity index (χ1v) is 8.24. The molecule has 1 aliphatic carbocycles. The number of hydrogen-bond acceptors (Lipinski definition) is 3. The number of ether oxygens (including phenoxy) is 2. The summed E-state index contributed by atoms with van der Waals surface area (Å²) in [5, 5.41) is 3.32. The van der Waals surface area contributed by atoms with Gasteiger partial charge in [0, 0.05) is 13.1 Å². The number of nitrogens with one attached hydrogen (secondary N) is 1. The zero-order valence-electron chi connectivity index (χ0n) is 13.1. The molecular formula is C20H21NO2. The SMILES string of the molecule is C1=C(c2ccccc2)c2ccc(OCC3CNCCO3)cc2C1. The molecule has 3 nitrogen and oxygen atoms in total. The van der Waals surface area contributed by atoms with Gasteiger partial charge in [-0.05, 0) is 40.8 Å². The van der Waals surface area contributed by atoms with E-state index in [9.17, 15) is 0 Å². The molecule has 118 valence electrons. The third-order valence-electron chi connectivity index (χ3n) is 4.42. The number of fused-ring (bicyclic) bond motifs is 1. The monoisotopic (exact) mass is 307 g/mol. The van der Waals surface area contributed by atoms with E-state index in [1.165, 1.54) is 22.3 Å². The molecule has 1 heterocycles. The lowest BCUT2D eigenvalue weighted by Gasteiger charge is -2.23. The predicted molar refractivity (Wildman–Crippen MR) is 91.8 cm³/mol. The van der Waals surface area contributed by atoms with Crippen molar-refractivity contribution in [3.05, 3.63) is 71.3 Å². The van der Waals surface area contributed by atoms with Crippen molar-refractivity contribution in [3.63, 3.8) is 0 Å². The Kier molecular flexibility index (Phi) is 4.14. The van der Waals surface area contributed by atoms with Crippen LogP contribution in [-0.2, 0) is 11.2 Å². The molecule has 2 aromatic carbocycles. The Labute approximate surface area is 136 Å². The minimum atomic E-state index is 0.148. The van der Waals surface area contributed by atoms with Crippen LogP contribution in [-0.4, -0.2) is 32.4 Å². The summed E-state index contributed by atoms with van der Waals surface area (Å²) in [7, 11) is 0. The number of hydrogen-bond donors (Lipinski definition) is 1. The average Bonchev–Trinajstić information content (AvgIpc) is 3.05. The van der Waals surface area contributed by atoms with E-state index in [-0.39, 0.29) is 6.10 Å². The van der Waals surface area contributed by atoms with Gasteiger partial charge in [0.25, 0.3) is 0 Å². The van der Waals surface area contributed by atoms with E-state index < -0.39 is 0 Å². The fourth-order valence-electron chi connectivity index (χ4n) is 3.22. The highest BCUT2D eigenvalue weighted by atomic mass is 16.5. The van der Waals surface area contributed by atoms with Crippen molar-refractivity contribution in [3.8, 4) is 5.75 Å². The second-order valence-electron chi connectivity index (χ2n) is 6.01. The zero-order chi connectivity index (χ0) is 15.5. The Morgan fingerprint density at radius 2 is 2.04 bits per heavy atom. The summed E-state index contributed by atoms with van der Waals surface area (Å²) in [6.07, 6.45) is 3.42. The lowest BCUT2D eigenvalue weighted by molar-refractivity contribution is 0.000183. The summed E-state index contributed by atoms with van der Waals surface area (Å²) >= 11 is 0. The molecule has 3 heteroatoms. The molecule has 0 aromatic heterocycles. The second-order valence-corrected chi connectivity index (χ2v) is 6.01. The van der Waals surface area contributed by atoms with E-state index in [4.69, 9.17) is 9.47 Å². The van der Waals surface area contributed by atoms with Crippen molar-refractivity contribution in [2.24, 2.45) is 0 Å². The summed E-state index contributed by atoms with van der Waals surface area (Å²) in [5.74, 6) is 0.931. The minimum Gasteiger partial charge on any atom is -0.491 e. The van der Waals surface area contributed by atoms with Crippen LogP contribution >= 0.6 is 0 Å². The summed E-state index contributed by atoms with van der Waals surface area (Å²) in [5.41, 5.74) is 5.26. The smallest absolute Gasteiger partial charge is 0.119 e. The topological polar surface area (TPSA) is 30.5 Å². The van der Waals surface area contributed by atoms with Gasteiger partial charge < -0.3 is 14.8 Å². The Morgan fingerprint density at radius 3 is 2.87 bits per heavy atom. The van der Waals surface area contributed by atoms with Crippen LogP contribution in [0.15, 0.2) is 54.6 Å². The Balaban J connectivity index is 1.46. The first kappa shape index (κ1) is 14.5. The number of benzene rings is 2. The molecule has 0 spiro atoms. The van der Waals surface area contributed by atoms with Crippen LogP contribution in [0, 0.1) is 0 Å². The molecule has 0 radical (unpaired) electrons. The molecule has 1 N–H and O–H groups in total. The quantitative estimate of drug-likeness (QED) is 0.942. The van der Waals surface area contributed by atoms with E-state index in [0.717, 1.165) is 31.9 Å². The van der Waals surface area contributed by atoms with Crippen molar-refractivity contribution in [2.75, 3.05) is 26.3 Å². The van der Waals surface area contributed by atoms with Crippen LogP contribution < -0.4 is 10.1 Å². The number of morpholine rings is 1. The van der Waals surface area contributed by atoms with Gasteiger partial charge in [-0.25, -0.2) is 0 Å². The molecule has 2 aromatic rings. The van der Waals surface area contributed by atoms with Crippen LogP contribution in [0.25, 0.3) is 5.57 Å². The van der Waals surface area contributed by atoms with E-state index in [1.54, 1.807) is 0 Å². The summed E-state index contributed by atoms with van der Waals surface area (Å²) < 4.78 is 11.6. The predicted octanol–water partition coefficient (Wildman–Crippen LogP) is 3.04. The van der Waals surface area contributed by atoms with Crippen molar-refractivity contribution in [1.29, 1.82) is 0 Å². The lowest BCUT2D eigenvalue weighted by atomic mass is 9.99. The van der Waals surface area contributed by atoms with E-state index >= 15 is 0 Å². The molecule has 0 amide bonds. The minimum absolute atomic E-state index is 0.148. The van der Waals surface area contributed by atoms with Crippen molar-refractivity contribution < 1.29 is 9.47 Å². The van der Waals surface area contributed by atoms with E-state index in [0.29, 0.717) is 6.61 Å². The molecule has 4 rings (SSSR count). The van der Waals surface area contributed by atoms with Gasteiger partial charge in [-0.1, -0.05) is 42.5 Å². The van der Waals surface area contributed by atoms with Crippen molar-refractivity contribution in [2.45, 2.75) is 12.5 Å². The number of allylic oxidation sites excluding steroid dienone is 1. The van der Waals surface area contributed by atoms with Gasteiger partial charge in [0.15, 0.2) is 0 Å². The van der Waals surface area contributed by atoms with Crippen LogP contribution in [0.3, 0.4) is 0 Å². The first-order chi connectivity index (χ1) is 11.4.